The van der Waals surface area contributed by atoms with Gasteiger partial charge in [-0.3, -0.25) is 0 Å². The van der Waals surface area contributed by atoms with Crippen LogP contribution in [0.15, 0.2) is 42.6 Å². The summed E-state index contributed by atoms with van der Waals surface area (Å²) in [5.74, 6) is 0.596. The fourth-order valence-electron chi connectivity index (χ4n) is 3.10. The SMILES string of the molecule is CCCOc1ccc2c(C#N)cn(-c3ccc(C(=O)OCC)c(OCOC)c3)c2c1. The number of nitriles is 1. The second kappa shape index (κ2) is 9.81. The zero-order chi connectivity index (χ0) is 21.5. The molecule has 0 fully saturated rings. The van der Waals surface area contributed by atoms with Crippen molar-refractivity contribution >= 4 is 16.9 Å². The van der Waals surface area contributed by atoms with Crippen molar-refractivity contribution in [3.05, 3.63) is 53.7 Å². The number of hydrogen-bond donors (Lipinski definition) is 0. The van der Waals surface area contributed by atoms with Gasteiger partial charge in [0.2, 0.25) is 0 Å². The van der Waals surface area contributed by atoms with Crippen LogP contribution in [0.1, 0.15) is 36.2 Å². The molecule has 0 N–H and O–H groups in total. The van der Waals surface area contributed by atoms with Gasteiger partial charge in [0.1, 0.15) is 23.1 Å². The summed E-state index contributed by atoms with van der Waals surface area (Å²) in [5, 5.41) is 10.4. The number of ether oxygens (including phenoxy) is 4. The highest BCUT2D eigenvalue weighted by Crippen LogP contribution is 2.31. The molecule has 0 saturated carbocycles. The Hall–Kier alpha value is -3.50. The monoisotopic (exact) mass is 408 g/mol. The molecule has 1 aromatic heterocycles. The average Bonchev–Trinajstić information content (AvgIpc) is 3.14. The average molecular weight is 408 g/mol. The summed E-state index contributed by atoms with van der Waals surface area (Å²) in [4.78, 5) is 12.3. The van der Waals surface area contributed by atoms with Crippen LogP contribution < -0.4 is 9.47 Å². The van der Waals surface area contributed by atoms with Crippen LogP contribution >= 0.6 is 0 Å². The first-order chi connectivity index (χ1) is 14.6. The highest BCUT2D eigenvalue weighted by Gasteiger charge is 2.17. The van der Waals surface area contributed by atoms with Crippen LogP contribution in [0.4, 0.5) is 0 Å². The Morgan fingerprint density at radius 2 is 1.97 bits per heavy atom. The van der Waals surface area contributed by atoms with E-state index in [0.29, 0.717) is 23.5 Å². The summed E-state index contributed by atoms with van der Waals surface area (Å²) >= 11 is 0. The zero-order valence-electron chi connectivity index (χ0n) is 17.3. The standard InChI is InChI=1S/C23H24N2O5/c1-4-10-29-18-7-9-19-16(13-24)14-25(21(19)12-18)17-6-8-20(23(26)28-5-2)22(11-17)30-15-27-3/h6-9,11-12,14H,4-5,10,15H2,1-3H3. The van der Waals surface area contributed by atoms with E-state index in [9.17, 15) is 10.1 Å². The van der Waals surface area contributed by atoms with Crippen LogP contribution in [0.25, 0.3) is 16.6 Å². The van der Waals surface area contributed by atoms with Crippen LogP contribution in [0.3, 0.4) is 0 Å². The van der Waals surface area contributed by atoms with E-state index in [1.165, 1.54) is 7.11 Å². The van der Waals surface area contributed by atoms with Gasteiger partial charge in [0.25, 0.3) is 0 Å². The molecule has 0 saturated heterocycles. The summed E-state index contributed by atoms with van der Waals surface area (Å²) < 4.78 is 23.3. The second-order valence-electron chi connectivity index (χ2n) is 6.50. The molecule has 156 valence electrons. The lowest BCUT2D eigenvalue weighted by Crippen LogP contribution is -2.10. The van der Waals surface area contributed by atoms with E-state index in [0.717, 1.165) is 28.8 Å². The molecule has 0 aliphatic rings. The lowest BCUT2D eigenvalue weighted by molar-refractivity contribution is 0.0438. The van der Waals surface area contributed by atoms with Gasteiger partial charge < -0.3 is 23.5 Å². The molecule has 30 heavy (non-hydrogen) atoms. The number of aromatic nitrogens is 1. The molecule has 2 aromatic carbocycles. The second-order valence-corrected chi connectivity index (χ2v) is 6.50. The molecule has 0 spiro atoms. The lowest BCUT2D eigenvalue weighted by atomic mass is 10.1. The zero-order valence-corrected chi connectivity index (χ0v) is 17.3. The molecule has 0 atom stereocenters. The van der Waals surface area contributed by atoms with Gasteiger partial charge in [-0.05, 0) is 37.6 Å². The number of methoxy groups -OCH3 is 1. The summed E-state index contributed by atoms with van der Waals surface area (Å²) in [6, 6.07) is 13.0. The van der Waals surface area contributed by atoms with E-state index in [4.69, 9.17) is 18.9 Å². The van der Waals surface area contributed by atoms with Crippen molar-refractivity contribution in [2.24, 2.45) is 0 Å². The van der Waals surface area contributed by atoms with Crippen molar-refractivity contribution in [1.82, 2.24) is 4.57 Å². The third-order valence-electron chi connectivity index (χ3n) is 4.44. The normalized spacial score (nSPS) is 10.6. The number of carbonyl (C=O) groups is 1. The fourth-order valence-corrected chi connectivity index (χ4v) is 3.10. The summed E-state index contributed by atoms with van der Waals surface area (Å²) in [7, 11) is 1.50. The van der Waals surface area contributed by atoms with Gasteiger partial charge in [0, 0.05) is 36.5 Å². The summed E-state index contributed by atoms with van der Waals surface area (Å²) in [5.41, 5.74) is 2.40. The Kier molecular flexibility index (Phi) is 6.94. The predicted octanol–water partition coefficient (Wildman–Crippen LogP) is 4.45. The smallest absolute Gasteiger partial charge is 0.341 e. The van der Waals surface area contributed by atoms with Crippen molar-refractivity contribution in [3.8, 4) is 23.3 Å². The maximum atomic E-state index is 12.3. The van der Waals surface area contributed by atoms with Gasteiger partial charge in [0.15, 0.2) is 6.79 Å². The van der Waals surface area contributed by atoms with E-state index in [1.807, 2.05) is 29.7 Å². The maximum Gasteiger partial charge on any atom is 0.341 e. The first-order valence-electron chi connectivity index (χ1n) is 9.74. The van der Waals surface area contributed by atoms with E-state index in [1.54, 1.807) is 31.3 Å². The minimum Gasteiger partial charge on any atom is -0.494 e. The fraction of sp³-hybridized carbons (Fsp3) is 0.304. The Labute approximate surface area is 175 Å². The van der Waals surface area contributed by atoms with Gasteiger partial charge in [0.05, 0.1) is 24.3 Å². The van der Waals surface area contributed by atoms with E-state index in [2.05, 4.69) is 6.07 Å². The topological polar surface area (TPSA) is 82.7 Å². The molecular weight excluding hydrogens is 384 g/mol. The summed E-state index contributed by atoms with van der Waals surface area (Å²) in [6.07, 6.45) is 2.66. The third kappa shape index (κ3) is 4.39. The van der Waals surface area contributed by atoms with Crippen molar-refractivity contribution in [2.75, 3.05) is 27.1 Å². The van der Waals surface area contributed by atoms with E-state index < -0.39 is 5.97 Å². The first-order valence-corrected chi connectivity index (χ1v) is 9.74. The molecule has 0 amide bonds. The van der Waals surface area contributed by atoms with E-state index >= 15 is 0 Å². The molecule has 0 aliphatic carbocycles. The van der Waals surface area contributed by atoms with Crippen LogP contribution in [0.5, 0.6) is 11.5 Å². The minimum absolute atomic E-state index is 0.0132. The maximum absolute atomic E-state index is 12.3. The van der Waals surface area contributed by atoms with Gasteiger partial charge in [-0.15, -0.1) is 0 Å². The van der Waals surface area contributed by atoms with Crippen molar-refractivity contribution < 1.29 is 23.7 Å². The van der Waals surface area contributed by atoms with Crippen molar-refractivity contribution in [2.45, 2.75) is 20.3 Å². The Morgan fingerprint density at radius 3 is 2.67 bits per heavy atom. The Balaban J connectivity index is 2.11. The molecule has 0 bridgehead atoms. The number of rotatable bonds is 9. The number of nitrogens with zero attached hydrogens (tertiary/aromatic N) is 2. The summed E-state index contributed by atoms with van der Waals surface area (Å²) in [6.45, 7) is 4.65. The number of carbonyl (C=O) groups excluding carboxylic acids is 1. The predicted molar refractivity (Wildman–Crippen MR) is 112 cm³/mol. The quantitative estimate of drug-likeness (QED) is 0.384. The lowest BCUT2D eigenvalue weighted by Gasteiger charge is -2.13. The molecule has 0 unspecified atom stereocenters. The van der Waals surface area contributed by atoms with Crippen LogP contribution in [0.2, 0.25) is 0 Å². The number of fused-ring (bicyclic) bond motifs is 1. The minimum atomic E-state index is -0.472. The molecule has 1 heterocycles. The highest BCUT2D eigenvalue weighted by atomic mass is 16.7. The molecule has 7 nitrogen and oxygen atoms in total. The number of hydrogen-bond acceptors (Lipinski definition) is 6. The molecule has 3 rings (SSSR count). The highest BCUT2D eigenvalue weighted by molar-refractivity contribution is 5.93. The van der Waals surface area contributed by atoms with Crippen LogP contribution in [-0.2, 0) is 9.47 Å². The van der Waals surface area contributed by atoms with Crippen LogP contribution in [-0.4, -0.2) is 37.7 Å². The third-order valence-corrected chi connectivity index (χ3v) is 4.44. The molecule has 3 aromatic rings. The first kappa shape index (κ1) is 21.2. The largest absolute Gasteiger partial charge is 0.494 e. The Morgan fingerprint density at radius 1 is 1.13 bits per heavy atom. The van der Waals surface area contributed by atoms with Gasteiger partial charge in [-0.1, -0.05) is 6.92 Å². The molecular formula is C23H24N2O5. The molecule has 0 aliphatic heterocycles. The van der Waals surface area contributed by atoms with Gasteiger partial charge >= 0.3 is 5.97 Å². The number of esters is 1. The van der Waals surface area contributed by atoms with E-state index in [-0.39, 0.29) is 13.4 Å². The van der Waals surface area contributed by atoms with Crippen LogP contribution in [0, 0.1) is 11.3 Å². The van der Waals surface area contributed by atoms with Crippen molar-refractivity contribution in [1.29, 1.82) is 5.26 Å². The molecule has 0 radical (unpaired) electrons. The van der Waals surface area contributed by atoms with Crippen molar-refractivity contribution in [3.63, 3.8) is 0 Å². The Bertz CT molecular complexity index is 1080. The number of benzene rings is 2. The van der Waals surface area contributed by atoms with Gasteiger partial charge in [-0.25, -0.2) is 4.79 Å². The molecule has 7 heteroatoms. The van der Waals surface area contributed by atoms with Gasteiger partial charge in [-0.2, -0.15) is 5.26 Å².